The van der Waals surface area contributed by atoms with Gasteiger partial charge in [0.2, 0.25) is 5.91 Å². The van der Waals surface area contributed by atoms with E-state index in [1.54, 1.807) is 0 Å². The molecule has 0 aromatic heterocycles. The van der Waals surface area contributed by atoms with Crippen molar-refractivity contribution in [3.8, 4) is 0 Å². The number of rotatable bonds is 2. The third-order valence-corrected chi connectivity index (χ3v) is 6.52. The molecule has 2 amide bonds. The average molecular weight is 333 g/mol. The van der Waals surface area contributed by atoms with Crippen LogP contribution in [0.3, 0.4) is 0 Å². The van der Waals surface area contributed by atoms with Gasteiger partial charge in [-0.3, -0.25) is 4.79 Å². The number of benzene rings is 2. The van der Waals surface area contributed by atoms with Crippen molar-refractivity contribution < 1.29 is 14.3 Å². The Morgan fingerprint density at radius 1 is 0.960 bits per heavy atom. The van der Waals surface area contributed by atoms with Crippen LogP contribution in [0.1, 0.15) is 24.5 Å². The largest absolute Gasteiger partial charge is 0.447 e. The second kappa shape index (κ2) is 4.72. The molecule has 1 saturated carbocycles. The molecule has 0 radical (unpaired) electrons. The maximum atomic E-state index is 13.4. The van der Waals surface area contributed by atoms with Gasteiger partial charge in [0.15, 0.2) is 0 Å². The van der Waals surface area contributed by atoms with Gasteiger partial charge in [0, 0.05) is 5.41 Å². The van der Waals surface area contributed by atoms with Gasteiger partial charge in [-0.15, -0.1) is 0 Å². The zero-order chi connectivity index (χ0) is 17.2. The summed E-state index contributed by atoms with van der Waals surface area (Å²) < 4.78 is 5.31. The number of fused-ring (bicyclic) bond motifs is 3. The van der Waals surface area contributed by atoms with Crippen LogP contribution < -0.4 is 0 Å². The monoisotopic (exact) mass is 333 g/mol. The normalized spacial score (nSPS) is 35.8. The second-order valence-corrected chi connectivity index (χ2v) is 7.50. The molecule has 0 bridgehead atoms. The molecule has 4 atom stereocenters. The summed E-state index contributed by atoms with van der Waals surface area (Å²) in [6.45, 7) is 2.28. The van der Waals surface area contributed by atoms with Crippen LogP contribution in [0, 0.1) is 5.92 Å². The minimum atomic E-state index is -0.711. The highest BCUT2D eigenvalue weighted by atomic mass is 16.6. The van der Waals surface area contributed by atoms with Crippen LogP contribution in [0.25, 0.3) is 0 Å². The molecule has 2 aromatic carbocycles. The van der Waals surface area contributed by atoms with Crippen molar-refractivity contribution >= 4 is 12.0 Å². The first-order valence-electron chi connectivity index (χ1n) is 8.71. The van der Waals surface area contributed by atoms with Gasteiger partial charge in [-0.2, -0.15) is 0 Å². The van der Waals surface area contributed by atoms with Crippen LogP contribution in [0.2, 0.25) is 0 Å². The number of amides is 2. The lowest BCUT2D eigenvalue weighted by atomic mass is 9.67. The Morgan fingerprint density at radius 2 is 1.56 bits per heavy atom. The van der Waals surface area contributed by atoms with Gasteiger partial charge in [-0.1, -0.05) is 60.7 Å². The number of piperidine rings is 1. The van der Waals surface area contributed by atoms with E-state index in [-0.39, 0.29) is 23.3 Å². The van der Waals surface area contributed by atoms with Crippen molar-refractivity contribution in [2.75, 3.05) is 6.61 Å². The first-order chi connectivity index (χ1) is 12.1. The lowest BCUT2D eigenvalue weighted by Gasteiger charge is -2.43. The Hall–Kier alpha value is -2.62. The zero-order valence-corrected chi connectivity index (χ0v) is 14.0. The Bertz CT molecular complexity index is 865. The third kappa shape index (κ3) is 1.67. The molecular formula is C21H19NO3. The molecule has 126 valence electrons. The number of hydrogen-bond donors (Lipinski definition) is 0. The van der Waals surface area contributed by atoms with Crippen molar-refractivity contribution in [2.24, 2.45) is 5.92 Å². The smallest absolute Gasteiger partial charge is 0.417 e. The average Bonchev–Trinajstić information content (AvgIpc) is 3.32. The lowest BCUT2D eigenvalue weighted by Crippen LogP contribution is -2.59. The predicted octanol–water partition coefficient (Wildman–Crippen LogP) is 3.26. The van der Waals surface area contributed by atoms with Gasteiger partial charge in [0.1, 0.15) is 6.61 Å². The van der Waals surface area contributed by atoms with Crippen LogP contribution in [0.4, 0.5) is 4.79 Å². The molecule has 2 saturated heterocycles. The first-order valence-corrected chi connectivity index (χ1v) is 8.71. The number of cyclic esters (lactones) is 1. The van der Waals surface area contributed by atoms with Crippen LogP contribution in [0.15, 0.2) is 60.7 Å². The minimum Gasteiger partial charge on any atom is -0.447 e. The van der Waals surface area contributed by atoms with Gasteiger partial charge in [0.05, 0.1) is 11.5 Å². The molecule has 2 aliphatic heterocycles. The van der Waals surface area contributed by atoms with Crippen molar-refractivity contribution in [3.63, 3.8) is 0 Å². The molecule has 0 N–H and O–H groups in total. The van der Waals surface area contributed by atoms with E-state index in [2.05, 4.69) is 12.1 Å². The van der Waals surface area contributed by atoms with E-state index in [4.69, 9.17) is 4.74 Å². The van der Waals surface area contributed by atoms with Crippen LogP contribution in [-0.2, 0) is 20.4 Å². The van der Waals surface area contributed by atoms with Crippen molar-refractivity contribution in [1.29, 1.82) is 0 Å². The fourth-order valence-corrected chi connectivity index (χ4v) is 5.16. The van der Waals surface area contributed by atoms with Gasteiger partial charge < -0.3 is 4.74 Å². The van der Waals surface area contributed by atoms with E-state index in [1.807, 2.05) is 55.5 Å². The topological polar surface area (TPSA) is 46.6 Å². The third-order valence-electron chi connectivity index (χ3n) is 6.52. The van der Waals surface area contributed by atoms with Gasteiger partial charge >= 0.3 is 6.09 Å². The van der Waals surface area contributed by atoms with Crippen LogP contribution in [-0.4, -0.2) is 29.5 Å². The quantitative estimate of drug-likeness (QED) is 0.847. The molecule has 3 unspecified atom stereocenters. The van der Waals surface area contributed by atoms with E-state index in [0.717, 1.165) is 12.0 Å². The highest BCUT2D eigenvalue weighted by Crippen LogP contribution is 2.69. The number of carbonyl (C=O) groups excluding carboxylic acids is 2. The SMILES string of the molecule is CC1(c2ccccc2)C(=O)N2C(=O)OC[C@H]2C2(c3ccccc3)CC12. The Morgan fingerprint density at radius 3 is 2.20 bits per heavy atom. The summed E-state index contributed by atoms with van der Waals surface area (Å²) in [7, 11) is 0. The van der Waals surface area contributed by atoms with Crippen molar-refractivity contribution in [3.05, 3.63) is 71.8 Å². The summed E-state index contributed by atoms with van der Waals surface area (Å²) in [5.41, 5.74) is 1.26. The first kappa shape index (κ1) is 14.7. The lowest BCUT2D eigenvalue weighted by molar-refractivity contribution is -0.139. The van der Waals surface area contributed by atoms with E-state index < -0.39 is 11.5 Å². The fraction of sp³-hybridized carbons (Fsp3) is 0.333. The van der Waals surface area contributed by atoms with Gasteiger partial charge in [0.25, 0.3) is 0 Å². The summed E-state index contributed by atoms with van der Waals surface area (Å²) >= 11 is 0. The Labute approximate surface area is 146 Å². The summed E-state index contributed by atoms with van der Waals surface area (Å²) in [6, 6.07) is 19.9. The highest BCUT2D eigenvalue weighted by molar-refractivity contribution is 6.02. The van der Waals surface area contributed by atoms with E-state index >= 15 is 0 Å². The molecule has 1 aliphatic carbocycles. The predicted molar refractivity (Wildman–Crippen MR) is 92.0 cm³/mol. The molecule has 4 nitrogen and oxygen atoms in total. The second-order valence-electron chi connectivity index (χ2n) is 7.50. The molecule has 25 heavy (non-hydrogen) atoms. The van der Waals surface area contributed by atoms with Gasteiger partial charge in [-0.05, 0) is 30.4 Å². The summed E-state index contributed by atoms with van der Waals surface area (Å²) in [6.07, 6.45) is 0.393. The van der Waals surface area contributed by atoms with Crippen LogP contribution >= 0.6 is 0 Å². The molecule has 3 aliphatic rings. The molecule has 0 spiro atoms. The van der Waals surface area contributed by atoms with E-state index in [1.165, 1.54) is 10.5 Å². The molecule has 2 heterocycles. The number of nitrogens with zero attached hydrogens (tertiary/aromatic N) is 1. The maximum absolute atomic E-state index is 13.4. The molecule has 4 heteroatoms. The molecule has 5 rings (SSSR count). The van der Waals surface area contributed by atoms with Gasteiger partial charge in [-0.25, -0.2) is 9.69 Å². The number of ether oxygens (including phenoxy) is 1. The standard InChI is InChI=1S/C21H19NO3/c1-20(14-8-4-2-5-9-14)16-12-21(16,15-10-6-3-7-11-15)17-13-25-19(24)22(17)18(20)23/h2-11,16-17H,12-13H2,1H3/t16?,17-,20?,21?/m0/s1. The van der Waals surface area contributed by atoms with Crippen molar-refractivity contribution in [1.82, 2.24) is 4.90 Å². The minimum absolute atomic E-state index is 0.125. The Balaban J connectivity index is 1.71. The van der Waals surface area contributed by atoms with E-state index in [0.29, 0.717) is 6.61 Å². The summed E-state index contributed by atoms with van der Waals surface area (Å²) in [5, 5.41) is 0. The van der Waals surface area contributed by atoms with Crippen LogP contribution in [0.5, 0.6) is 0 Å². The van der Waals surface area contributed by atoms with E-state index in [9.17, 15) is 9.59 Å². The Kier molecular flexibility index (Phi) is 2.77. The number of hydrogen-bond acceptors (Lipinski definition) is 3. The maximum Gasteiger partial charge on any atom is 0.417 e. The summed E-state index contributed by atoms with van der Waals surface area (Å²) in [4.78, 5) is 27.1. The summed E-state index contributed by atoms with van der Waals surface area (Å²) in [5.74, 6) is 0.0494. The number of carbonyl (C=O) groups is 2. The zero-order valence-electron chi connectivity index (χ0n) is 14.0. The fourth-order valence-electron chi connectivity index (χ4n) is 5.16. The number of imide groups is 1. The molecule has 2 aromatic rings. The molecular weight excluding hydrogens is 314 g/mol. The van der Waals surface area contributed by atoms with Crippen molar-refractivity contribution in [2.45, 2.75) is 30.2 Å². The highest BCUT2D eigenvalue weighted by Gasteiger charge is 2.76. The molecule has 3 fully saturated rings.